The molecule has 1 aromatic heterocycles. The van der Waals surface area contributed by atoms with Crippen molar-refractivity contribution in [1.29, 1.82) is 0 Å². The SMILES string of the molecule is CCCc1csc(-c2ccc(F)c(F)c2Br)n1. The highest BCUT2D eigenvalue weighted by atomic mass is 79.9. The van der Waals surface area contributed by atoms with Crippen LogP contribution in [0.15, 0.2) is 22.0 Å². The first-order chi connectivity index (χ1) is 8.13. The molecule has 2 rings (SSSR count). The summed E-state index contributed by atoms with van der Waals surface area (Å²) in [6, 6.07) is 2.66. The smallest absolute Gasteiger partial charge is 0.173 e. The Hall–Kier alpha value is -0.810. The van der Waals surface area contributed by atoms with Gasteiger partial charge in [0.05, 0.1) is 10.2 Å². The van der Waals surface area contributed by atoms with E-state index in [9.17, 15) is 8.78 Å². The Morgan fingerprint density at radius 3 is 2.82 bits per heavy atom. The highest BCUT2D eigenvalue weighted by molar-refractivity contribution is 9.10. The summed E-state index contributed by atoms with van der Waals surface area (Å²) >= 11 is 4.51. The molecular formula is C12H10BrF2NS. The van der Waals surface area contributed by atoms with Crippen LogP contribution in [0.1, 0.15) is 19.0 Å². The summed E-state index contributed by atoms with van der Waals surface area (Å²) in [6.45, 7) is 2.08. The van der Waals surface area contributed by atoms with Crippen LogP contribution in [0.5, 0.6) is 0 Å². The summed E-state index contributed by atoms with van der Waals surface area (Å²) in [5.41, 5.74) is 1.58. The monoisotopic (exact) mass is 317 g/mol. The maximum absolute atomic E-state index is 13.4. The fourth-order valence-corrected chi connectivity index (χ4v) is 3.02. The molecule has 0 spiro atoms. The lowest BCUT2D eigenvalue weighted by Crippen LogP contribution is -1.89. The predicted molar refractivity (Wildman–Crippen MR) is 69.2 cm³/mol. The largest absolute Gasteiger partial charge is 0.241 e. The summed E-state index contributed by atoms with van der Waals surface area (Å²) in [6.07, 6.45) is 1.92. The van der Waals surface area contributed by atoms with Crippen molar-refractivity contribution in [3.05, 3.63) is 39.3 Å². The normalized spacial score (nSPS) is 10.8. The number of benzene rings is 1. The van der Waals surface area contributed by atoms with Gasteiger partial charge >= 0.3 is 0 Å². The van der Waals surface area contributed by atoms with Gasteiger partial charge in [-0.05, 0) is 34.5 Å². The Kier molecular flexibility index (Phi) is 3.89. The molecule has 0 aliphatic carbocycles. The molecule has 17 heavy (non-hydrogen) atoms. The van der Waals surface area contributed by atoms with Gasteiger partial charge in [0.25, 0.3) is 0 Å². The van der Waals surface area contributed by atoms with E-state index in [1.807, 2.05) is 5.38 Å². The van der Waals surface area contributed by atoms with Gasteiger partial charge in [-0.1, -0.05) is 13.3 Å². The van der Waals surface area contributed by atoms with E-state index < -0.39 is 11.6 Å². The fourth-order valence-electron chi connectivity index (χ4n) is 1.49. The maximum Gasteiger partial charge on any atom is 0.173 e. The van der Waals surface area contributed by atoms with E-state index in [1.54, 1.807) is 0 Å². The Morgan fingerprint density at radius 2 is 2.12 bits per heavy atom. The molecule has 0 N–H and O–H groups in total. The van der Waals surface area contributed by atoms with Crippen molar-refractivity contribution in [2.45, 2.75) is 19.8 Å². The van der Waals surface area contributed by atoms with E-state index in [-0.39, 0.29) is 4.47 Å². The van der Waals surface area contributed by atoms with Crippen molar-refractivity contribution >= 4 is 27.3 Å². The van der Waals surface area contributed by atoms with Gasteiger partial charge in [-0.15, -0.1) is 11.3 Å². The van der Waals surface area contributed by atoms with Gasteiger partial charge in [0.1, 0.15) is 5.01 Å². The first-order valence-corrected chi connectivity index (χ1v) is 6.89. The summed E-state index contributed by atoms with van der Waals surface area (Å²) in [5, 5.41) is 2.66. The molecule has 1 heterocycles. The lowest BCUT2D eigenvalue weighted by atomic mass is 10.2. The van der Waals surface area contributed by atoms with Gasteiger partial charge in [0.15, 0.2) is 11.6 Å². The van der Waals surface area contributed by atoms with Crippen molar-refractivity contribution in [2.75, 3.05) is 0 Å². The van der Waals surface area contributed by atoms with Gasteiger partial charge in [-0.2, -0.15) is 0 Å². The topological polar surface area (TPSA) is 12.9 Å². The minimum absolute atomic E-state index is 0.134. The molecule has 0 radical (unpaired) electrons. The number of halogens is 3. The van der Waals surface area contributed by atoms with E-state index in [0.717, 1.165) is 24.6 Å². The van der Waals surface area contributed by atoms with Crippen LogP contribution in [0.3, 0.4) is 0 Å². The third-order valence-electron chi connectivity index (χ3n) is 2.32. The average molecular weight is 318 g/mol. The zero-order valence-electron chi connectivity index (χ0n) is 9.14. The van der Waals surface area contributed by atoms with Crippen molar-refractivity contribution in [2.24, 2.45) is 0 Å². The Balaban J connectivity index is 2.42. The highest BCUT2D eigenvalue weighted by Gasteiger charge is 2.14. The predicted octanol–water partition coefficient (Wildman–Crippen LogP) is 4.80. The van der Waals surface area contributed by atoms with E-state index in [2.05, 4.69) is 27.8 Å². The second-order valence-electron chi connectivity index (χ2n) is 3.62. The minimum Gasteiger partial charge on any atom is -0.241 e. The van der Waals surface area contributed by atoms with Gasteiger partial charge in [-0.25, -0.2) is 13.8 Å². The molecule has 0 unspecified atom stereocenters. The molecule has 1 aromatic carbocycles. The number of thiazole rings is 1. The van der Waals surface area contributed by atoms with Gasteiger partial charge in [0, 0.05) is 10.9 Å². The van der Waals surface area contributed by atoms with Crippen LogP contribution < -0.4 is 0 Å². The van der Waals surface area contributed by atoms with Crippen molar-refractivity contribution in [1.82, 2.24) is 4.98 Å². The second kappa shape index (κ2) is 5.23. The lowest BCUT2D eigenvalue weighted by molar-refractivity contribution is 0.505. The molecule has 2 aromatic rings. The quantitative estimate of drug-likeness (QED) is 0.741. The number of hydrogen-bond donors (Lipinski definition) is 0. The maximum atomic E-state index is 13.4. The molecule has 1 nitrogen and oxygen atoms in total. The minimum atomic E-state index is -0.866. The molecule has 0 aliphatic rings. The molecule has 90 valence electrons. The summed E-state index contributed by atoms with van der Waals surface area (Å²) in [7, 11) is 0. The third-order valence-corrected chi connectivity index (χ3v) is 4.02. The van der Waals surface area contributed by atoms with Gasteiger partial charge in [0.2, 0.25) is 0 Å². The summed E-state index contributed by atoms with van der Waals surface area (Å²) in [4.78, 5) is 4.40. The van der Waals surface area contributed by atoms with Crippen LogP contribution >= 0.6 is 27.3 Å². The van der Waals surface area contributed by atoms with E-state index in [1.165, 1.54) is 17.4 Å². The summed E-state index contributed by atoms with van der Waals surface area (Å²) < 4.78 is 26.5. The Bertz CT molecular complexity index is 539. The second-order valence-corrected chi connectivity index (χ2v) is 5.27. The average Bonchev–Trinajstić information content (AvgIpc) is 2.75. The molecule has 0 atom stereocenters. The van der Waals surface area contributed by atoms with E-state index >= 15 is 0 Å². The first kappa shape index (κ1) is 12.6. The van der Waals surface area contributed by atoms with E-state index in [4.69, 9.17) is 0 Å². The number of hydrogen-bond acceptors (Lipinski definition) is 2. The van der Waals surface area contributed by atoms with Crippen LogP contribution in [0, 0.1) is 11.6 Å². The van der Waals surface area contributed by atoms with Crippen LogP contribution in [0.4, 0.5) is 8.78 Å². The van der Waals surface area contributed by atoms with Crippen LogP contribution in [-0.2, 0) is 6.42 Å². The molecule has 0 amide bonds. The Morgan fingerprint density at radius 1 is 1.35 bits per heavy atom. The molecule has 0 fully saturated rings. The molecule has 0 bridgehead atoms. The zero-order valence-corrected chi connectivity index (χ0v) is 11.5. The van der Waals surface area contributed by atoms with E-state index in [0.29, 0.717) is 10.6 Å². The van der Waals surface area contributed by atoms with Crippen LogP contribution in [0.25, 0.3) is 10.6 Å². The van der Waals surface area contributed by atoms with Gasteiger partial charge < -0.3 is 0 Å². The molecule has 0 saturated heterocycles. The third kappa shape index (κ3) is 2.55. The standard InChI is InChI=1S/C12H10BrF2NS/c1-2-3-7-6-17-12(16-7)8-4-5-9(14)11(15)10(8)13/h4-6H,2-3H2,1H3. The molecule has 0 saturated carbocycles. The summed E-state index contributed by atoms with van der Waals surface area (Å²) in [5.74, 6) is -1.72. The molecule has 0 aliphatic heterocycles. The van der Waals surface area contributed by atoms with Crippen molar-refractivity contribution in [3.8, 4) is 10.6 Å². The Labute approximate surface area is 111 Å². The highest BCUT2D eigenvalue weighted by Crippen LogP contribution is 2.33. The number of aryl methyl sites for hydroxylation is 1. The van der Waals surface area contributed by atoms with Crippen LogP contribution in [0.2, 0.25) is 0 Å². The lowest BCUT2D eigenvalue weighted by Gasteiger charge is -2.02. The number of rotatable bonds is 3. The van der Waals surface area contributed by atoms with Gasteiger partial charge in [-0.3, -0.25) is 0 Å². The van der Waals surface area contributed by atoms with Crippen LogP contribution in [-0.4, -0.2) is 4.98 Å². The fraction of sp³-hybridized carbons (Fsp3) is 0.250. The van der Waals surface area contributed by atoms with Crippen molar-refractivity contribution < 1.29 is 8.78 Å². The number of nitrogens with zero attached hydrogens (tertiary/aromatic N) is 1. The first-order valence-electron chi connectivity index (χ1n) is 5.21. The molecular weight excluding hydrogens is 308 g/mol. The molecule has 5 heteroatoms. The number of aromatic nitrogens is 1. The zero-order chi connectivity index (χ0) is 12.4. The van der Waals surface area contributed by atoms with Crippen molar-refractivity contribution in [3.63, 3.8) is 0 Å².